The number of hydrogen-bond acceptors (Lipinski definition) is 2. The summed E-state index contributed by atoms with van der Waals surface area (Å²) >= 11 is 0. The molecule has 1 atom stereocenters. The minimum Gasteiger partial charge on any atom is -0.493 e. The number of fused-ring (bicyclic) bond motifs is 1. The van der Waals surface area contributed by atoms with Crippen LogP contribution in [-0.2, 0) is 6.42 Å². The standard InChI is InChI=1S/C16H23NO/c1-12(2)9-10-18-14-8-7-13-5-4-6-16(17-3)15(13)11-14/h7-8,11,16-17H,1,4-6,9-10H2,2-3H3. The van der Waals surface area contributed by atoms with E-state index in [2.05, 4.69) is 30.1 Å². The molecule has 0 heterocycles. The molecule has 0 spiro atoms. The lowest BCUT2D eigenvalue weighted by atomic mass is 9.87. The number of benzene rings is 1. The second-order valence-electron chi connectivity index (χ2n) is 5.15. The first kappa shape index (κ1) is 13.2. The third-order valence-corrected chi connectivity index (χ3v) is 3.58. The van der Waals surface area contributed by atoms with Crippen molar-refractivity contribution in [1.82, 2.24) is 5.32 Å². The summed E-state index contributed by atoms with van der Waals surface area (Å²) in [5, 5.41) is 3.39. The molecule has 2 heteroatoms. The Morgan fingerprint density at radius 1 is 1.50 bits per heavy atom. The Morgan fingerprint density at radius 2 is 2.33 bits per heavy atom. The van der Waals surface area contributed by atoms with Crippen LogP contribution >= 0.6 is 0 Å². The van der Waals surface area contributed by atoms with E-state index in [1.165, 1.54) is 36.0 Å². The van der Waals surface area contributed by atoms with E-state index in [1.807, 2.05) is 14.0 Å². The largest absolute Gasteiger partial charge is 0.493 e. The van der Waals surface area contributed by atoms with Gasteiger partial charge in [-0.15, -0.1) is 6.58 Å². The van der Waals surface area contributed by atoms with Gasteiger partial charge >= 0.3 is 0 Å². The fraction of sp³-hybridized carbons (Fsp3) is 0.500. The Kier molecular flexibility index (Phi) is 4.43. The number of nitrogens with one attached hydrogen (secondary N) is 1. The van der Waals surface area contributed by atoms with Crippen LogP contribution < -0.4 is 10.1 Å². The molecule has 1 aromatic carbocycles. The molecule has 98 valence electrons. The third-order valence-electron chi connectivity index (χ3n) is 3.58. The maximum Gasteiger partial charge on any atom is 0.119 e. The van der Waals surface area contributed by atoms with Gasteiger partial charge in [0.2, 0.25) is 0 Å². The number of aryl methyl sites for hydroxylation is 1. The van der Waals surface area contributed by atoms with Crippen molar-refractivity contribution in [3.05, 3.63) is 41.5 Å². The van der Waals surface area contributed by atoms with Crippen molar-refractivity contribution in [1.29, 1.82) is 0 Å². The summed E-state index contributed by atoms with van der Waals surface area (Å²) in [6.45, 7) is 6.65. The smallest absolute Gasteiger partial charge is 0.119 e. The van der Waals surface area contributed by atoms with Crippen molar-refractivity contribution in [3.8, 4) is 5.75 Å². The van der Waals surface area contributed by atoms with Gasteiger partial charge in [0.1, 0.15) is 5.75 Å². The summed E-state index contributed by atoms with van der Waals surface area (Å²) in [5.41, 5.74) is 4.05. The monoisotopic (exact) mass is 245 g/mol. The van der Waals surface area contributed by atoms with Gasteiger partial charge in [0.05, 0.1) is 6.61 Å². The minimum absolute atomic E-state index is 0.485. The van der Waals surface area contributed by atoms with Crippen molar-refractivity contribution in [2.24, 2.45) is 0 Å². The molecule has 1 N–H and O–H groups in total. The van der Waals surface area contributed by atoms with Crippen LogP contribution in [0.25, 0.3) is 0 Å². The van der Waals surface area contributed by atoms with E-state index >= 15 is 0 Å². The van der Waals surface area contributed by atoms with Crippen LogP contribution in [0.1, 0.15) is 43.4 Å². The highest BCUT2D eigenvalue weighted by Crippen LogP contribution is 2.32. The summed E-state index contributed by atoms with van der Waals surface area (Å²) in [7, 11) is 2.04. The molecule has 2 rings (SSSR count). The van der Waals surface area contributed by atoms with E-state index in [0.717, 1.165) is 18.8 Å². The molecule has 1 unspecified atom stereocenters. The van der Waals surface area contributed by atoms with E-state index in [4.69, 9.17) is 4.74 Å². The zero-order chi connectivity index (χ0) is 13.0. The zero-order valence-electron chi connectivity index (χ0n) is 11.5. The molecular formula is C16H23NO. The van der Waals surface area contributed by atoms with Gasteiger partial charge < -0.3 is 10.1 Å². The maximum atomic E-state index is 5.79. The number of rotatable bonds is 5. The van der Waals surface area contributed by atoms with E-state index < -0.39 is 0 Å². The topological polar surface area (TPSA) is 21.3 Å². The van der Waals surface area contributed by atoms with E-state index in [-0.39, 0.29) is 0 Å². The maximum absolute atomic E-state index is 5.79. The van der Waals surface area contributed by atoms with Crippen molar-refractivity contribution in [3.63, 3.8) is 0 Å². The van der Waals surface area contributed by atoms with Crippen molar-refractivity contribution in [2.75, 3.05) is 13.7 Å². The highest BCUT2D eigenvalue weighted by atomic mass is 16.5. The van der Waals surface area contributed by atoms with Gasteiger partial charge in [-0.2, -0.15) is 0 Å². The van der Waals surface area contributed by atoms with Gasteiger partial charge in [-0.1, -0.05) is 11.6 Å². The van der Waals surface area contributed by atoms with Crippen LogP contribution in [0.5, 0.6) is 5.75 Å². The van der Waals surface area contributed by atoms with E-state index in [0.29, 0.717) is 6.04 Å². The van der Waals surface area contributed by atoms with Gasteiger partial charge in [0.25, 0.3) is 0 Å². The van der Waals surface area contributed by atoms with Gasteiger partial charge in [-0.3, -0.25) is 0 Å². The second kappa shape index (κ2) is 6.05. The average Bonchev–Trinajstić information content (AvgIpc) is 2.37. The number of ether oxygens (including phenoxy) is 1. The molecule has 0 saturated heterocycles. The summed E-state index contributed by atoms with van der Waals surface area (Å²) in [6.07, 6.45) is 4.61. The Hall–Kier alpha value is -1.28. The molecule has 18 heavy (non-hydrogen) atoms. The molecule has 0 amide bonds. The quantitative estimate of drug-likeness (QED) is 0.800. The van der Waals surface area contributed by atoms with Crippen molar-refractivity contribution >= 4 is 0 Å². The fourth-order valence-corrected chi connectivity index (χ4v) is 2.51. The summed E-state index contributed by atoms with van der Waals surface area (Å²) in [6, 6.07) is 7.00. The van der Waals surface area contributed by atoms with E-state index in [1.54, 1.807) is 0 Å². The van der Waals surface area contributed by atoms with Crippen LogP contribution in [-0.4, -0.2) is 13.7 Å². The van der Waals surface area contributed by atoms with Crippen LogP contribution in [0.3, 0.4) is 0 Å². The molecule has 2 nitrogen and oxygen atoms in total. The van der Waals surface area contributed by atoms with Crippen LogP contribution in [0.15, 0.2) is 30.4 Å². The Bertz CT molecular complexity index is 425. The van der Waals surface area contributed by atoms with Crippen molar-refractivity contribution in [2.45, 2.75) is 38.6 Å². The molecule has 0 saturated carbocycles. The molecule has 0 aromatic heterocycles. The SMILES string of the molecule is C=C(C)CCOc1ccc2c(c1)C(NC)CCC2. The highest BCUT2D eigenvalue weighted by molar-refractivity contribution is 5.39. The lowest BCUT2D eigenvalue weighted by molar-refractivity contribution is 0.320. The molecule has 0 radical (unpaired) electrons. The Morgan fingerprint density at radius 3 is 3.06 bits per heavy atom. The zero-order valence-corrected chi connectivity index (χ0v) is 11.5. The summed E-state index contributed by atoms with van der Waals surface area (Å²) in [4.78, 5) is 0. The summed E-state index contributed by atoms with van der Waals surface area (Å²) < 4.78 is 5.79. The van der Waals surface area contributed by atoms with E-state index in [9.17, 15) is 0 Å². The molecule has 1 aliphatic rings. The molecular weight excluding hydrogens is 222 g/mol. The van der Waals surface area contributed by atoms with Crippen LogP contribution in [0.2, 0.25) is 0 Å². The first-order valence-corrected chi connectivity index (χ1v) is 6.78. The fourth-order valence-electron chi connectivity index (χ4n) is 2.51. The van der Waals surface area contributed by atoms with Crippen LogP contribution in [0.4, 0.5) is 0 Å². The molecule has 0 aliphatic heterocycles. The lowest BCUT2D eigenvalue weighted by Gasteiger charge is -2.25. The predicted octanol–water partition coefficient (Wildman–Crippen LogP) is 3.63. The Balaban J connectivity index is 2.07. The third kappa shape index (κ3) is 3.14. The first-order chi connectivity index (χ1) is 8.70. The normalized spacial score (nSPS) is 18.2. The molecule has 0 fully saturated rings. The molecule has 1 aromatic rings. The van der Waals surface area contributed by atoms with Gasteiger partial charge in [0, 0.05) is 12.5 Å². The molecule has 0 bridgehead atoms. The van der Waals surface area contributed by atoms with Gasteiger partial charge in [0.15, 0.2) is 0 Å². The second-order valence-corrected chi connectivity index (χ2v) is 5.15. The average molecular weight is 245 g/mol. The summed E-state index contributed by atoms with van der Waals surface area (Å²) in [5.74, 6) is 0.983. The minimum atomic E-state index is 0.485. The lowest BCUT2D eigenvalue weighted by Crippen LogP contribution is -2.21. The number of hydrogen-bond donors (Lipinski definition) is 1. The highest BCUT2D eigenvalue weighted by Gasteiger charge is 2.18. The molecule has 1 aliphatic carbocycles. The van der Waals surface area contributed by atoms with Crippen LogP contribution in [0, 0.1) is 0 Å². The van der Waals surface area contributed by atoms with Gasteiger partial charge in [-0.25, -0.2) is 0 Å². The van der Waals surface area contributed by atoms with Gasteiger partial charge in [-0.05, 0) is 56.5 Å². The van der Waals surface area contributed by atoms with Crippen molar-refractivity contribution < 1.29 is 4.74 Å². The first-order valence-electron chi connectivity index (χ1n) is 6.78. The Labute approximate surface area is 110 Å². The predicted molar refractivity (Wildman–Crippen MR) is 76.1 cm³/mol.